The van der Waals surface area contributed by atoms with Crippen LogP contribution in [0.25, 0.3) is 22.0 Å². The van der Waals surface area contributed by atoms with Crippen LogP contribution in [-0.4, -0.2) is 29.5 Å². The van der Waals surface area contributed by atoms with Gasteiger partial charge in [-0.15, -0.1) is 0 Å². The fraction of sp³-hybridized carbons (Fsp3) is 0.250. The summed E-state index contributed by atoms with van der Waals surface area (Å²) in [4.78, 5) is 20.6. The molecule has 0 saturated heterocycles. The number of carbonyl (C=O) groups is 1. The first-order valence-electron chi connectivity index (χ1n) is 10.3. The van der Waals surface area contributed by atoms with Crippen molar-refractivity contribution < 1.29 is 9.21 Å². The third kappa shape index (κ3) is 4.28. The maximum Gasteiger partial charge on any atom is 0.268 e. The van der Waals surface area contributed by atoms with E-state index in [0.717, 1.165) is 47.0 Å². The van der Waals surface area contributed by atoms with Crippen molar-refractivity contribution in [1.82, 2.24) is 20.6 Å². The van der Waals surface area contributed by atoms with Crippen LogP contribution in [0.2, 0.25) is 0 Å². The van der Waals surface area contributed by atoms with E-state index in [9.17, 15) is 4.79 Å². The molecule has 0 radical (unpaired) electrons. The van der Waals surface area contributed by atoms with Crippen molar-refractivity contribution in [2.45, 2.75) is 25.3 Å². The van der Waals surface area contributed by atoms with Crippen molar-refractivity contribution in [2.24, 2.45) is 0 Å². The Bertz CT molecular complexity index is 1090. The van der Waals surface area contributed by atoms with Crippen molar-refractivity contribution in [3.63, 3.8) is 0 Å². The number of benzene rings is 1. The number of hydrogen-bond donors (Lipinski definition) is 3. The van der Waals surface area contributed by atoms with Crippen LogP contribution in [-0.2, 0) is 0 Å². The molecule has 0 bridgehead atoms. The lowest BCUT2D eigenvalue weighted by Crippen LogP contribution is -2.25. The first-order valence-corrected chi connectivity index (χ1v) is 10.3. The maximum absolute atomic E-state index is 12.9. The van der Waals surface area contributed by atoms with E-state index in [0.29, 0.717) is 12.2 Å². The Morgan fingerprint density at radius 1 is 1.13 bits per heavy atom. The molecule has 3 aromatic heterocycles. The SMILES string of the molecule is CNC(CCCCNC(=O)c1[nH]c2ccccc2c1-c1ccoc1)c1ccccn1. The number of rotatable bonds is 9. The monoisotopic (exact) mass is 402 g/mol. The number of furan rings is 1. The third-order valence-corrected chi connectivity index (χ3v) is 5.34. The largest absolute Gasteiger partial charge is 0.472 e. The molecule has 1 aromatic carbocycles. The zero-order valence-corrected chi connectivity index (χ0v) is 17.0. The molecule has 1 amide bonds. The fourth-order valence-electron chi connectivity index (χ4n) is 3.80. The molecule has 1 atom stereocenters. The van der Waals surface area contributed by atoms with E-state index in [1.807, 2.05) is 61.8 Å². The standard InChI is InChI=1S/C24H26N4O2/c1-25-20(21-11-5-6-13-26-21)10-4-7-14-27-24(29)23-22(17-12-15-30-16-17)18-8-2-3-9-19(18)28-23/h2-3,5-6,8-9,11-13,15-16,20,25,28H,4,7,10,14H2,1H3,(H,27,29). The van der Waals surface area contributed by atoms with Crippen LogP contribution in [0, 0.1) is 0 Å². The molecule has 4 rings (SSSR count). The van der Waals surface area contributed by atoms with Gasteiger partial charge >= 0.3 is 0 Å². The molecule has 4 aromatic rings. The highest BCUT2D eigenvalue weighted by atomic mass is 16.3. The van der Waals surface area contributed by atoms with Gasteiger partial charge in [-0.25, -0.2) is 0 Å². The molecule has 0 fully saturated rings. The molecule has 6 nitrogen and oxygen atoms in total. The van der Waals surface area contributed by atoms with Crippen LogP contribution < -0.4 is 10.6 Å². The van der Waals surface area contributed by atoms with Gasteiger partial charge in [-0.1, -0.05) is 24.3 Å². The van der Waals surface area contributed by atoms with Gasteiger partial charge in [0.25, 0.3) is 5.91 Å². The summed E-state index contributed by atoms with van der Waals surface area (Å²) in [6, 6.07) is 16.0. The van der Waals surface area contributed by atoms with Gasteiger partial charge in [-0.05, 0) is 50.6 Å². The van der Waals surface area contributed by atoms with Crippen LogP contribution in [0.3, 0.4) is 0 Å². The number of para-hydroxylation sites is 1. The summed E-state index contributed by atoms with van der Waals surface area (Å²) in [5, 5.41) is 7.39. The topological polar surface area (TPSA) is 83.0 Å². The summed E-state index contributed by atoms with van der Waals surface area (Å²) in [6.45, 7) is 0.623. The van der Waals surface area contributed by atoms with E-state index in [-0.39, 0.29) is 11.9 Å². The number of nitrogens with zero attached hydrogens (tertiary/aromatic N) is 1. The quantitative estimate of drug-likeness (QED) is 0.355. The molecule has 0 saturated carbocycles. The van der Waals surface area contributed by atoms with Gasteiger partial charge in [-0.2, -0.15) is 0 Å². The first-order chi connectivity index (χ1) is 14.8. The predicted molar refractivity (Wildman–Crippen MR) is 118 cm³/mol. The Balaban J connectivity index is 1.37. The van der Waals surface area contributed by atoms with Crippen LogP contribution >= 0.6 is 0 Å². The lowest BCUT2D eigenvalue weighted by Gasteiger charge is -2.15. The first kappa shape index (κ1) is 19.9. The van der Waals surface area contributed by atoms with Gasteiger partial charge in [0.1, 0.15) is 5.69 Å². The van der Waals surface area contributed by atoms with Crippen molar-refractivity contribution in [3.8, 4) is 11.1 Å². The zero-order chi connectivity index (χ0) is 20.8. The molecule has 30 heavy (non-hydrogen) atoms. The van der Waals surface area contributed by atoms with E-state index in [1.54, 1.807) is 12.5 Å². The number of amides is 1. The van der Waals surface area contributed by atoms with Crippen molar-refractivity contribution in [1.29, 1.82) is 0 Å². The van der Waals surface area contributed by atoms with Gasteiger partial charge < -0.3 is 20.0 Å². The molecule has 0 aliphatic heterocycles. The zero-order valence-electron chi connectivity index (χ0n) is 17.0. The summed E-state index contributed by atoms with van der Waals surface area (Å²) < 4.78 is 5.25. The van der Waals surface area contributed by atoms with Crippen LogP contribution in [0.4, 0.5) is 0 Å². The molecular formula is C24H26N4O2. The number of fused-ring (bicyclic) bond motifs is 1. The van der Waals surface area contributed by atoms with Gasteiger partial charge in [-0.3, -0.25) is 9.78 Å². The van der Waals surface area contributed by atoms with E-state index in [2.05, 4.69) is 20.6 Å². The summed E-state index contributed by atoms with van der Waals surface area (Å²) >= 11 is 0. The Labute approximate surface area is 175 Å². The molecule has 1 unspecified atom stereocenters. The smallest absolute Gasteiger partial charge is 0.268 e. The number of aromatic nitrogens is 2. The number of nitrogens with one attached hydrogen (secondary N) is 3. The maximum atomic E-state index is 12.9. The van der Waals surface area contributed by atoms with Gasteiger partial charge in [0.2, 0.25) is 0 Å². The highest BCUT2D eigenvalue weighted by molar-refractivity contribution is 6.09. The predicted octanol–water partition coefficient (Wildman–Crippen LogP) is 4.68. The molecule has 0 aliphatic carbocycles. The van der Waals surface area contributed by atoms with Crippen LogP contribution in [0.15, 0.2) is 71.7 Å². The normalized spacial score (nSPS) is 12.2. The van der Waals surface area contributed by atoms with Crippen molar-refractivity contribution >= 4 is 16.8 Å². The van der Waals surface area contributed by atoms with E-state index < -0.39 is 0 Å². The molecule has 3 N–H and O–H groups in total. The molecular weight excluding hydrogens is 376 g/mol. The number of pyridine rings is 1. The highest BCUT2D eigenvalue weighted by Crippen LogP contribution is 2.32. The van der Waals surface area contributed by atoms with E-state index in [1.165, 1.54) is 0 Å². The van der Waals surface area contributed by atoms with E-state index in [4.69, 9.17) is 4.42 Å². The summed E-state index contributed by atoms with van der Waals surface area (Å²) in [6.07, 6.45) is 7.97. The Kier molecular flexibility index (Phi) is 6.25. The molecule has 0 aliphatic rings. The minimum Gasteiger partial charge on any atom is -0.472 e. The molecule has 154 valence electrons. The average molecular weight is 402 g/mol. The Morgan fingerprint density at radius 2 is 2.00 bits per heavy atom. The number of aromatic amines is 1. The molecule has 0 spiro atoms. The van der Waals surface area contributed by atoms with Gasteiger partial charge in [0.15, 0.2) is 0 Å². The fourth-order valence-corrected chi connectivity index (χ4v) is 3.80. The van der Waals surface area contributed by atoms with E-state index >= 15 is 0 Å². The summed E-state index contributed by atoms with van der Waals surface area (Å²) in [7, 11) is 1.95. The van der Waals surface area contributed by atoms with Crippen LogP contribution in [0.5, 0.6) is 0 Å². The lowest BCUT2D eigenvalue weighted by atomic mass is 10.0. The number of H-pyrrole nitrogens is 1. The summed E-state index contributed by atoms with van der Waals surface area (Å²) in [5.74, 6) is -0.0997. The minimum absolute atomic E-state index is 0.0997. The third-order valence-electron chi connectivity index (χ3n) is 5.34. The number of hydrogen-bond acceptors (Lipinski definition) is 4. The van der Waals surface area contributed by atoms with Gasteiger partial charge in [0, 0.05) is 40.8 Å². The van der Waals surface area contributed by atoms with Gasteiger partial charge in [0.05, 0.1) is 18.2 Å². The second kappa shape index (κ2) is 9.41. The summed E-state index contributed by atoms with van der Waals surface area (Å²) in [5.41, 5.74) is 4.32. The molecule has 6 heteroatoms. The number of carbonyl (C=O) groups excluding carboxylic acids is 1. The lowest BCUT2D eigenvalue weighted by molar-refractivity contribution is 0.0949. The second-order valence-electron chi connectivity index (χ2n) is 7.28. The Hall–Kier alpha value is -3.38. The average Bonchev–Trinajstić information content (AvgIpc) is 3.44. The second-order valence-corrected chi connectivity index (χ2v) is 7.28. The Morgan fingerprint density at radius 3 is 2.77 bits per heavy atom. The number of unbranched alkanes of at least 4 members (excludes halogenated alkanes) is 1. The van der Waals surface area contributed by atoms with Crippen molar-refractivity contribution in [2.75, 3.05) is 13.6 Å². The molecule has 3 heterocycles. The minimum atomic E-state index is -0.0997. The van der Waals surface area contributed by atoms with Crippen molar-refractivity contribution in [3.05, 3.63) is 78.6 Å². The highest BCUT2D eigenvalue weighted by Gasteiger charge is 2.19. The van der Waals surface area contributed by atoms with Crippen LogP contribution in [0.1, 0.15) is 41.5 Å².